The van der Waals surface area contributed by atoms with Gasteiger partial charge in [-0.3, -0.25) is 0 Å². The molecule has 0 aliphatic rings. The van der Waals surface area contributed by atoms with Gasteiger partial charge in [-0.1, -0.05) is 24.3 Å². The summed E-state index contributed by atoms with van der Waals surface area (Å²) in [6.07, 6.45) is 2.34. The standard InChI is InChI=1S/C13H13N3O/c1-2-6-12-11(14)9-13(16-15-12)17-10-7-4-3-5-8-10/h2-5,7-9H,1,6H2,(H2,14,16). The molecule has 4 nitrogen and oxygen atoms in total. The largest absolute Gasteiger partial charge is 0.437 e. The molecule has 0 bridgehead atoms. The Morgan fingerprint density at radius 3 is 2.65 bits per heavy atom. The van der Waals surface area contributed by atoms with Crippen molar-refractivity contribution in [3.05, 3.63) is 54.7 Å². The molecule has 0 radical (unpaired) electrons. The van der Waals surface area contributed by atoms with Gasteiger partial charge in [-0.15, -0.1) is 16.8 Å². The topological polar surface area (TPSA) is 61.0 Å². The molecule has 0 aliphatic heterocycles. The number of nitrogen functional groups attached to an aromatic ring is 1. The Labute approximate surface area is 99.8 Å². The lowest BCUT2D eigenvalue weighted by Gasteiger charge is -2.06. The average molecular weight is 227 g/mol. The first kappa shape index (κ1) is 11.1. The van der Waals surface area contributed by atoms with E-state index < -0.39 is 0 Å². The molecule has 86 valence electrons. The number of hydrogen-bond donors (Lipinski definition) is 1. The SMILES string of the molecule is C=CCc1nnc(Oc2ccccc2)cc1N. The fraction of sp³-hybridized carbons (Fsp3) is 0.0769. The second kappa shape index (κ2) is 5.12. The Morgan fingerprint density at radius 1 is 1.24 bits per heavy atom. The van der Waals surface area contributed by atoms with E-state index in [2.05, 4.69) is 16.8 Å². The molecule has 0 spiro atoms. The lowest BCUT2D eigenvalue weighted by atomic mass is 10.2. The van der Waals surface area contributed by atoms with E-state index in [4.69, 9.17) is 10.5 Å². The van der Waals surface area contributed by atoms with Crippen LogP contribution in [0.3, 0.4) is 0 Å². The predicted molar refractivity (Wildman–Crippen MR) is 66.9 cm³/mol. The normalized spacial score (nSPS) is 9.88. The minimum absolute atomic E-state index is 0.390. The second-order valence-corrected chi connectivity index (χ2v) is 3.49. The van der Waals surface area contributed by atoms with Gasteiger partial charge in [0.15, 0.2) is 0 Å². The number of hydrogen-bond acceptors (Lipinski definition) is 4. The molecule has 1 heterocycles. The summed E-state index contributed by atoms with van der Waals surface area (Å²) in [5, 5.41) is 7.95. The quantitative estimate of drug-likeness (QED) is 0.815. The summed E-state index contributed by atoms with van der Waals surface area (Å²) in [5.41, 5.74) is 7.10. The van der Waals surface area contributed by atoms with Crippen LogP contribution in [0.5, 0.6) is 11.6 Å². The van der Waals surface area contributed by atoms with Crippen LogP contribution in [0.1, 0.15) is 5.69 Å². The van der Waals surface area contributed by atoms with Crippen LogP contribution < -0.4 is 10.5 Å². The Morgan fingerprint density at radius 2 is 2.00 bits per heavy atom. The van der Waals surface area contributed by atoms with Gasteiger partial charge >= 0.3 is 0 Å². The van der Waals surface area contributed by atoms with Crippen molar-refractivity contribution in [2.75, 3.05) is 5.73 Å². The minimum atomic E-state index is 0.390. The van der Waals surface area contributed by atoms with Gasteiger partial charge < -0.3 is 10.5 Å². The van der Waals surface area contributed by atoms with E-state index in [1.807, 2.05) is 30.3 Å². The summed E-state index contributed by atoms with van der Waals surface area (Å²) in [7, 11) is 0. The number of para-hydroxylation sites is 1. The van der Waals surface area contributed by atoms with Crippen LogP contribution in [0, 0.1) is 0 Å². The number of nitrogens with two attached hydrogens (primary N) is 1. The third-order valence-corrected chi connectivity index (χ3v) is 2.18. The monoisotopic (exact) mass is 227 g/mol. The van der Waals surface area contributed by atoms with Gasteiger partial charge in [0.05, 0.1) is 11.4 Å². The maximum Gasteiger partial charge on any atom is 0.240 e. The first-order valence-electron chi connectivity index (χ1n) is 5.25. The molecule has 0 amide bonds. The number of ether oxygens (including phenoxy) is 1. The Bertz CT molecular complexity index is 511. The van der Waals surface area contributed by atoms with Crippen LogP contribution in [-0.2, 0) is 6.42 Å². The molecular formula is C13H13N3O. The lowest BCUT2D eigenvalue weighted by molar-refractivity contribution is 0.454. The fourth-order valence-electron chi connectivity index (χ4n) is 1.37. The molecule has 0 fully saturated rings. The van der Waals surface area contributed by atoms with E-state index in [-0.39, 0.29) is 0 Å². The number of rotatable bonds is 4. The van der Waals surface area contributed by atoms with E-state index >= 15 is 0 Å². The van der Waals surface area contributed by atoms with Gasteiger partial charge in [-0.05, 0) is 12.1 Å². The average Bonchev–Trinajstić information content (AvgIpc) is 2.34. The molecule has 1 aromatic carbocycles. The molecule has 2 rings (SSSR count). The zero-order valence-corrected chi connectivity index (χ0v) is 9.34. The number of benzene rings is 1. The van der Waals surface area contributed by atoms with Gasteiger partial charge in [-0.25, -0.2) is 0 Å². The van der Waals surface area contributed by atoms with Crippen LogP contribution in [0.4, 0.5) is 5.69 Å². The molecule has 0 atom stereocenters. The van der Waals surface area contributed by atoms with Crippen LogP contribution >= 0.6 is 0 Å². The third-order valence-electron chi connectivity index (χ3n) is 2.18. The smallest absolute Gasteiger partial charge is 0.240 e. The Balaban J connectivity index is 2.18. The molecular weight excluding hydrogens is 214 g/mol. The van der Waals surface area contributed by atoms with Gasteiger partial charge in [0.25, 0.3) is 0 Å². The first-order chi connectivity index (χ1) is 8.29. The Hall–Kier alpha value is -2.36. The van der Waals surface area contributed by atoms with Crippen molar-refractivity contribution in [3.8, 4) is 11.6 Å². The maximum atomic E-state index is 5.83. The van der Waals surface area contributed by atoms with E-state index in [0.29, 0.717) is 29.4 Å². The summed E-state index contributed by atoms with van der Waals surface area (Å²) in [6.45, 7) is 3.63. The number of allylic oxidation sites excluding steroid dienone is 1. The van der Waals surface area contributed by atoms with Gasteiger partial charge in [-0.2, -0.15) is 0 Å². The van der Waals surface area contributed by atoms with E-state index in [1.54, 1.807) is 12.1 Å². The van der Waals surface area contributed by atoms with E-state index in [0.717, 1.165) is 0 Å². The number of aromatic nitrogens is 2. The van der Waals surface area contributed by atoms with Gasteiger partial charge in [0.2, 0.25) is 5.88 Å². The zero-order chi connectivity index (χ0) is 12.1. The summed E-state index contributed by atoms with van der Waals surface area (Å²) in [5.74, 6) is 1.10. The highest BCUT2D eigenvalue weighted by molar-refractivity contribution is 5.46. The van der Waals surface area contributed by atoms with Crippen LogP contribution in [-0.4, -0.2) is 10.2 Å². The van der Waals surface area contributed by atoms with Crippen LogP contribution in [0.2, 0.25) is 0 Å². The highest BCUT2D eigenvalue weighted by Crippen LogP contribution is 2.21. The fourth-order valence-corrected chi connectivity index (χ4v) is 1.37. The molecule has 0 aliphatic carbocycles. The lowest BCUT2D eigenvalue weighted by Crippen LogP contribution is -2.00. The molecule has 2 N–H and O–H groups in total. The van der Waals surface area contributed by atoms with Crippen LogP contribution in [0.15, 0.2) is 49.1 Å². The van der Waals surface area contributed by atoms with Crippen molar-refractivity contribution in [2.45, 2.75) is 6.42 Å². The molecule has 1 aromatic heterocycles. The summed E-state index contributed by atoms with van der Waals surface area (Å²) < 4.78 is 5.51. The minimum Gasteiger partial charge on any atom is -0.437 e. The van der Waals surface area contributed by atoms with Gasteiger partial charge in [0, 0.05) is 12.5 Å². The highest BCUT2D eigenvalue weighted by atomic mass is 16.5. The zero-order valence-electron chi connectivity index (χ0n) is 9.34. The van der Waals surface area contributed by atoms with Crippen molar-refractivity contribution < 1.29 is 4.74 Å². The van der Waals surface area contributed by atoms with Gasteiger partial charge in [0.1, 0.15) is 5.75 Å². The molecule has 2 aromatic rings. The highest BCUT2D eigenvalue weighted by Gasteiger charge is 2.04. The summed E-state index contributed by atoms with van der Waals surface area (Å²) in [4.78, 5) is 0. The molecule has 0 unspecified atom stereocenters. The van der Waals surface area contributed by atoms with E-state index in [9.17, 15) is 0 Å². The molecule has 0 saturated carbocycles. The number of nitrogens with zero attached hydrogens (tertiary/aromatic N) is 2. The number of anilines is 1. The van der Waals surface area contributed by atoms with Crippen molar-refractivity contribution in [2.24, 2.45) is 0 Å². The first-order valence-corrected chi connectivity index (χ1v) is 5.25. The maximum absolute atomic E-state index is 5.83. The predicted octanol–water partition coefficient (Wildman–Crippen LogP) is 2.58. The van der Waals surface area contributed by atoms with Crippen LogP contribution in [0.25, 0.3) is 0 Å². The summed E-state index contributed by atoms with van der Waals surface area (Å²) >= 11 is 0. The van der Waals surface area contributed by atoms with E-state index in [1.165, 1.54) is 0 Å². The second-order valence-electron chi connectivity index (χ2n) is 3.49. The van der Waals surface area contributed by atoms with Crippen molar-refractivity contribution >= 4 is 5.69 Å². The summed E-state index contributed by atoms with van der Waals surface area (Å²) in [6, 6.07) is 11.0. The third kappa shape index (κ3) is 2.81. The van der Waals surface area contributed by atoms with Crippen molar-refractivity contribution in [1.29, 1.82) is 0 Å². The van der Waals surface area contributed by atoms with Crippen molar-refractivity contribution in [3.63, 3.8) is 0 Å². The Kier molecular flexibility index (Phi) is 3.35. The molecule has 0 saturated heterocycles. The molecule has 4 heteroatoms. The molecule has 17 heavy (non-hydrogen) atoms. The van der Waals surface area contributed by atoms with Crippen molar-refractivity contribution in [1.82, 2.24) is 10.2 Å².